The van der Waals surface area contributed by atoms with Crippen LogP contribution in [-0.2, 0) is 4.74 Å². The zero-order valence-corrected chi connectivity index (χ0v) is 12.1. The summed E-state index contributed by atoms with van der Waals surface area (Å²) in [5, 5.41) is 3.03. The molecular weight excluding hydrogens is 272 g/mol. The average Bonchev–Trinajstić information content (AvgIpc) is 2.94. The van der Waals surface area contributed by atoms with Gasteiger partial charge in [0.2, 0.25) is 6.79 Å². The van der Waals surface area contributed by atoms with Gasteiger partial charge in [-0.2, -0.15) is 0 Å². The molecule has 3 N–H and O–H groups in total. The van der Waals surface area contributed by atoms with Crippen LogP contribution in [0.5, 0.6) is 11.5 Å². The fraction of sp³-hybridized carbons (Fsp3) is 0.533. The van der Waals surface area contributed by atoms with Crippen molar-refractivity contribution in [1.29, 1.82) is 0 Å². The number of hydrogen-bond acceptors (Lipinski definition) is 5. The Hall–Kier alpha value is -1.95. The lowest BCUT2D eigenvalue weighted by atomic mass is 9.92. The van der Waals surface area contributed by atoms with E-state index < -0.39 is 0 Å². The maximum atomic E-state index is 12.4. The summed E-state index contributed by atoms with van der Waals surface area (Å²) in [6.45, 7) is 3.71. The second kappa shape index (κ2) is 5.81. The number of nitrogen functional groups attached to an aromatic ring is 1. The van der Waals surface area contributed by atoms with Gasteiger partial charge in [-0.25, -0.2) is 0 Å². The van der Waals surface area contributed by atoms with Gasteiger partial charge in [-0.15, -0.1) is 0 Å². The minimum Gasteiger partial charge on any atom is -0.454 e. The van der Waals surface area contributed by atoms with Crippen LogP contribution in [-0.4, -0.2) is 32.0 Å². The number of carbonyl (C=O) groups excluding carboxylic acids is 1. The Bertz CT molecular complexity index is 541. The highest BCUT2D eigenvalue weighted by Gasteiger charge is 2.24. The van der Waals surface area contributed by atoms with Gasteiger partial charge in [0.25, 0.3) is 5.91 Å². The van der Waals surface area contributed by atoms with Crippen molar-refractivity contribution in [3.63, 3.8) is 0 Å². The first kappa shape index (κ1) is 14.0. The lowest BCUT2D eigenvalue weighted by Crippen LogP contribution is -2.40. The van der Waals surface area contributed by atoms with Crippen LogP contribution in [0.2, 0.25) is 0 Å². The van der Waals surface area contributed by atoms with Gasteiger partial charge in [-0.1, -0.05) is 0 Å². The van der Waals surface area contributed by atoms with Crippen LogP contribution in [0.25, 0.3) is 0 Å². The average molecular weight is 292 g/mol. The normalized spacial score (nSPS) is 19.3. The van der Waals surface area contributed by atoms with E-state index in [9.17, 15) is 4.79 Å². The quantitative estimate of drug-likeness (QED) is 0.826. The molecule has 6 nitrogen and oxygen atoms in total. The number of nitrogens with one attached hydrogen (secondary N) is 1. The second-order valence-electron chi connectivity index (χ2n) is 5.50. The zero-order chi connectivity index (χ0) is 14.8. The standard InChI is InChI=1S/C15H20N2O4/c1-9(10-2-4-19-5-3-10)17-15(18)11-6-13-14(7-12(11)16)21-8-20-13/h6-7,9-10H,2-5,8,16H2,1H3,(H,17,18). The maximum absolute atomic E-state index is 12.4. The molecule has 1 aromatic carbocycles. The summed E-state index contributed by atoms with van der Waals surface area (Å²) in [4.78, 5) is 12.4. The van der Waals surface area contributed by atoms with Gasteiger partial charge < -0.3 is 25.3 Å². The van der Waals surface area contributed by atoms with E-state index in [4.69, 9.17) is 19.9 Å². The van der Waals surface area contributed by atoms with Crippen molar-refractivity contribution in [2.24, 2.45) is 5.92 Å². The van der Waals surface area contributed by atoms with E-state index in [-0.39, 0.29) is 18.7 Å². The summed E-state index contributed by atoms with van der Waals surface area (Å²) < 4.78 is 15.9. The van der Waals surface area contributed by atoms with Crippen LogP contribution in [0.1, 0.15) is 30.1 Å². The molecule has 6 heteroatoms. The molecule has 1 aromatic rings. The van der Waals surface area contributed by atoms with Crippen LogP contribution in [0, 0.1) is 5.92 Å². The minimum atomic E-state index is -0.176. The molecule has 0 bridgehead atoms. The van der Waals surface area contributed by atoms with Crippen LogP contribution < -0.4 is 20.5 Å². The van der Waals surface area contributed by atoms with Crippen molar-refractivity contribution >= 4 is 11.6 Å². The van der Waals surface area contributed by atoms with Crippen LogP contribution in [0.15, 0.2) is 12.1 Å². The van der Waals surface area contributed by atoms with Gasteiger partial charge in [0, 0.05) is 31.0 Å². The summed E-state index contributed by atoms with van der Waals surface area (Å²) in [5.74, 6) is 1.41. The number of carbonyl (C=O) groups is 1. The fourth-order valence-electron chi connectivity index (χ4n) is 2.77. The molecule has 1 unspecified atom stereocenters. The largest absolute Gasteiger partial charge is 0.454 e. The van der Waals surface area contributed by atoms with E-state index in [2.05, 4.69) is 5.32 Å². The highest BCUT2D eigenvalue weighted by molar-refractivity contribution is 6.00. The van der Waals surface area contributed by atoms with E-state index in [0.29, 0.717) is 28.7 Å². The van der Waals surface area contributed by atoms with E-state index >= 15 is 0 Å². The Balaban J connectivity index is 1.70. The van der Waals surface area contributed by atoms with Gasteiger partial charge in [0.15, 0.2) is 11.5 Å². The molecule has 0 spiro atoms. The van der Waals surface area contributed by atoms with Crippen molar-refractivity contribution in [1.82, 2.24) is 5.32 Å². The first-order valence-corrected chi connectivity index (χ1v) is 7.23. The minimum absolute atomic E-state index is 0.0891. The molecule has 0 saturated carbocycles. The molecule has 1 fully saturated rings. The summed E-state index contributed by atoms with van der Waals surface area (Å²) >= 11 is 0. The van der Waals surface area contributed by atoms with E-state index in [1.54, 1.807) is 12.1 Å². The zero-order valence-electron chi connectivity index (χ0n) is 12.1. The van der Waals surface area contributed by atoms with Gasteiger partial charge >= 0.3 is 0 Å². The van der Waals surface area contributed by atoms with Gasteiger partial charge in [-0.05, 0) is 31.7 Å². The second-order valence-corrected chi connectivity index (χ2v) is 5.50. The Morgan fingerprint density at radius 2 is 1.95 bits per heavy atom. The molecule has 2 aliphatic rings. The number of amides is 1. The number of rotatable bonds is 3. The molecule has 21 heavy (non-hydrogen) atoms. The Morgan fingerprint density at radius 1 is 1.29 bits per heavy atom. The van der Waals surface area contributed by atoms with Gasteiger partial charge in [0.05, 0.1) is 5.56 Å². The van der Waals surface area contributed by atoms with Crippen molar-refractivity contribution in [2.75, 3.05) is 25.7 Å². The van der Waals surface area contributed by atoms with Gasteiger partial charge in [0.1, 0.15) is 0 Å². The fourth-order valence-corrected chi connectivity index (χ4v) is 2.77. The Kier molecular flexibility index (Phi) is 3.88. The molecule has 1 amide bonds. The summed E-state index contributed by atoms with van der Waals surface area (Å²) in [7, 11) is 0. The third kappa shape index (κ3) is 2.90. The lowest BCUT2D eigenvalue weighted by molar-refractivity contribution is 0.0538. The molecule has 2 aliphatic heterocycles. The lowest BCUT2D eigenvalue weighted by Gasteiger charge is -2.28. The first-order valence-electron chi connectivity index (χ1n) is 7.23. The molecule has 0 aliphatic carbocycles. The molecule has 114 valence electrons. The third-order valence-corrected chi connectivity index (χ3v) is 4.12. The highest BCUT2D eigenvalue weighted by Crippen LogP contribution is 2.36. The number of benzene rings is 1. The number of hydrogen-bond donors (Lipinski definition) is 2. The van der Waals surface area contributed by atoms with Crippen LogP contribution in [0.4, 0.5) is 5.69 Å². The third-order valence-electron chi connectivity index (χ3n) is 4.12. The van der Waals surface area contributed by atoms with Crippen LogP contribution >= 0.6 is 0 Å². The number of anilines is 1. The summed E-state index contributed by atoms with van der Waals surface area (Å²) in [6.07, 6.45) is 1.94. The molecule has 0 radical (unpaired) electrons. The van der Waals surface area contributed by atoms with Gasteiger partial charge in [-0.3, -0.25) is 4.79 Å². The predicted molar refractivity (Wildman–Crippen MR) is 77.4 cm³/mol. The summed E-state index contributed by atoms with van der Waals surface area (Å²) in [5.41, 5.74) is 6.76. The van der Waals surface area contributed by atoms with E-state index in [1.165, 1.54) is 0 Å². The molecule has 1 saturated heterocycles. The molecule has 3 rings (SSSR count). The van der Waals surface area contributed by atoms with Crippen molar-refractivity contribution in [3.8, 4) is 11.5 Å². The molecular formula is C15H20N2O4. The maximum Gasteiger partial charge on any atom is 0.253 e. The van der Waals surface area contributed by atoms with Crippen LogP contribution in [0.3, 0.4) is 0 Å². The van der Waals surface area contributed by atoms with Crippen molar-refractivity contribution < 1.29 is 19.0 Å². The molecule has 2 heterocycles. The number of fused-ring (bicyclic) bond motifs is 1. The number of nitrogens with two attached hydrogens (primary N) is 1. The van der Waals surface area contributed by atoms with Crippen molar-refractivity contribution in [3.05, 3.63) is 17.7 Å². The molecule has 0 aromatic heterocycles. The highest BCUT2D eigenvalue weighted by atomic mass is 16.7. The Morgan fingerprint density at radius 3 is 2.67 bits per heavy atom. The number of ether oxygens (including phenoxy) is 3. The van der Waals surface area contributed by atoms with E-state index in [1.807, 2.05) is 6.92 Å². The SMILES string of the molecule is CC(NC(=O)c1cc2c(cc1N)OCO2)C1CCOCC1. The van der Waals surface area contributed by atoms with Crippen molar-refractivity contribution in [2.45, 2.75) is 25.8 Å². The summed E-state index contributed by atoms with van der Waals surface area (Å²) in [6, 6.07) is 3.37. The predicted octanol–water partition coefficient (Wildman–Crippen LogP) is 1.54. The first-order chi connectivity index (χ1) is 10.1. The molecule has 1 atom stereocenters. The van der Waals surface area contributed by atoms with E-state index in [0.717, 1.165) is 26.1 Å². The topological polar surface area (TPSA) is 82.8 Å². The smallest absolute Gasteiger partial charge is 0.253 e. The monoisotopic (exact) mass is 292 g/mol. The Labute approximate surface area is 123 Å².